The molecular formula is C25H35N3O4. The van der Waals surface area contributed by atoms with E-state index in [-0.39, 0.29) is 35.1 Å². The van der Waals surface area contributed by atoms with Crippen molar-refractivity contribution in [2.24, 2.45) is 10.8 Å². The van der Waals surface area contributed by atoms with E-state index in [1.807, 2.05) is 25.1 Å². The van der Waals surface area contributed by atoms with Crippen LogP contribution in [0.25, 0.3) is 10.9 Å². The Labute approximate surface area is 189 Å². The van der Waals surface area contributed by atoms with Gasteiger partial charge in [-0.15, -0.1) is 0 Å². The van der Waals surface area contributed by atoms with E-state index in [4.69, 9.17) is 9.47 Å². The monoisotopic (exact) mass is 441 g/mol. The molecule has 32 heavy (non-hydrogen) atoms. The van der Waals surface area contributed by atoms with Crippen molar-refractivity contribution in [1.82, 2.24) is 9.88 Å². The smallest absolute Gasteiger partial charge is 0.356 e. The van der Waals surface area contributed by atoms with Crippen LogP contribution in [-0.2, 0) is 9.53 Å². The van der Waals surface area contributed by atoms with E-state index >= 15 is 0 Å². The van der Waals surface area contributed by atoms with Gasteiger partial charge in [0.15, 0.2) is 0 Å². The molecule has 174 valence electrons. The summed E-state index contributed by atoms with van der Waals surface area (Å²) in [6, 6.07) is 5.57. The van der Waals surface area contributed by atoms with E-state index < -0.39 is 5.97 Å². The summed E-state index contributed by atoms with van der Waals surface area (Å²) in [6.07, 6.45) is 3.40. The van der Waals surface area contributed by atoms with E-state index in [9.17, 15) is 9.59 Å². The van der Waals surface area contributed by atoms with Crippen molar-refractivity contribution in [3.05, 3.63) is 23.9 Å². The molecule has 2 N–H and O–H groups in total. The molecule has 1 saturated heterocycles. The average molecular weight is 442 g/mol. The molecule has 1 aromatic heterocycles. The quantitative estimate of drug-likeness (QED) is 0.641. The Bertz CT molecular complexity index is 1040. The van der Waals surface area contributed by atoms with Crippen LogP contribution in [0.15, 0.2) is 18.2 Å². The molecule has 2 fully saturated rings. The predicted molar refractivity (Wildman–Crippen MR) is 125 cm³/mol. The van der Waals surface area contributed by atoms with Crippen molar-refractivity contribution in [2.45, 2.75) is 66.0 Å². The fraction of sp³-hybridized carbons (Fsp3) is 0.600. The van der Waals surface area contributed by atoms with Crippen LogP contribution in [0.2, 0.25) is 0 Å². The number of nitrogens with zero attached hydrogens (tertiary/aromatic N) is 1. The van der Waals surface area contributed by atoms with Crippen LogP contribution in [0.3, 0.4) is 0 Å². The molecular weight excluding hydrogens is 406 g/mol. The zero-order chi connectivity index (χ0) is 23.3. The molecule has 3 atom stereocenters. The first-order valence-corrected chi connectivity index (χ1v) is 11.5. The third kappa shape index (κ3) is 4.10. The van der Waals surface area contributed by atoms with Crippen LogP contribution in [0.5, 0.6) is 5.75 Å². The van der Waals surface area contributed by atoms with Crippen molar-refractivity contribution >= 4 is 28.5 Å². The van der Waals surface area contributed by atoms with Gasteiger partial charge >= 0.3 is 5.97 Å². The number of esters is 1. The SMILES string of the molecule is CCOC(=O)c1[nH]c2ccc(OC)cc2c1NC(=O)C(C)N1CC2(C)CC1CC(C)(C)C2. The molecule has 0 spiro atoms. The Morgan fingerprint density at radius 2 is 2.03 bits per heavy atom. The summed E-state index contributed by atoms with van der Waals surface area (Å²) in [5.74, 6) is 0.0455. The highest BCUT2D eigenvalue weighted by Crippen LogP contribution is 2.53. The van der Waals surface area contributed by atoms with Gasteiger partial charge in [0.1, 0.15) is 11.4 Å². The average Bonchev–Trinajstić information content (AvgIpc) is 3.20. The topological polar surface area (TPSA) is 83.7 Å². The molecule has 2 aromatic rings. The number of aromatic amines is 1. The number of amides is 1. The van der Waals surface area contributed by atoms with Gasteiger partial charge in [-0.2, -0.15) is 0 Å². The fourth-order valence-electron chi connectivity index (χ4n) is 6.12. The Kier molecular flexibility index (Phi) is 5.74. The molecule has 1 aromatic carbocycles. The minimum atomic E-state index is -0.489. The van der Waals surface area contributed by atoms with E-state index in [0.717, 1.165) is 30.3 Å². The lowest BCUT2D eigenvalue weighted by molar-refractivity contribution is -0.121. The molecule has 4 rings (SSSR count). The summed E-state index contributed by atoms with van der Waals surface area (Å²) in [5.41, 5.74) is 1.97. The predicted octanol–water partition coefficient (Wildman–Crippen LogP) is 4.58. The number of ether oxygens (including phenoxy) is 2. The number of anilines is 1. The summed E-state index contributed by atoms with van der Waals surface area (Å²) in [4.78, 5) is 31.5. The van der Waals surface area contributed by atoms with E-state index in [1.54, 1.807) is 14.0 Å². The Morgan fingerprint density at radius 1 is 1.28 bits per heavy atom. The minimum Gasteiger partial charge on any atom is -0.497 e. The number of methoxy groups -OCH3 is 1. The van der Waals surface area contributed by atoms with Crippen LogP contribution >= 0.6 is 0 Å². The fourth-order valence-corrected chi connectivity index (χ4v) is 6.12. The summed E-state index contributed by atoms with van der Waals surface area (Å²) in [6.45, 7) is 11.9. The maximum Gasteiger partial charge on any atom is 0.356 e. The lowest BCUT2D eigenvalue weighted by Crippen LogP contribution is -2.45. The number of carbonyl (C=O) groups excluding carboxylic acids is 2. The minimum absolute atomic E-state index is 0.117. The van der Waals surface area contributed by atoms with Crippen LogP contribution < -0.4 is 10.1 Å². The molecule has 1 aliphatic heterocycles. The number of benzene rings is 1. The van der Waals surface area contributed by atoms with E-state index in [2.05, 4.69) is 36.0 Å². The normalized spacial score (nSPS) is 25.5. The van der Waals surface area contributed by atoms with Gasteiger partial charge in [-0.05, 0) is 62.1 Å². The third-order valence-electron chi connectivity index (χ3n) is 7.07. The van der Waals surface area contributed by atoms with Crippen LogP contribution in [-0.4, -0.2) is 54.1 Å². The number of likely N-dealkylation sites (tertiary alicyclic amines) is 1. The maximum absolute atomic E-state index is 13.4. The molecule has 2 heterocycles. The molecule has 1 saturated carbocycles. The Balaban J connectivity index is 1.63. The highest BCUT2D eigenvalue weighted by Gasteiger charge is 2.51. The Hall–Kier alpha value is -2.54. The van der Waals surface area contributed by atoms with Gasteiger partial charge in [0.05, 0.1) is 25.4 Å². The largest absolute Gasteiger partial charge is 0.497 e. The van der Waals surface area contributed by atoms with Crippen molar-refractivity contribution in [2.75, 3.05) is 25.6 Å². The number of carbonyl (C=O) groups is 2. The highest BCUT2D eigenvalue weighted by molar-refractivity contribution is 6.12. The number of hydrogen-bond acceptors (Lipinski definition) is 5. The summed E-state index contributed by atoms with van der Waals surface area (Å²) in [7, 11) is 1.59. The number of nitrogens with one attached hydrogen (secondary N) is 2. The first kappa shape index (κ1) is 22.6. The number of aromatic nitrogens is 1. The second kappa shape index (κ2) is 8.10. The standard InChI is InChI=1S/C25H35N3O4/c1-7-32-23(30)21-20(18-10-17(31-6)8-9-19(18)26-21)27-22(29)15(2)28-14-25(5)12-16(28)11-24(3,4)13-25/h8-10,15-16,26H,7,11-14H2,1-6H3,(H,27,29). The van der Waals surface area contributed by atoms with E-state index in [1.165, 1.54) is 6.42 Å². The second-order valence-electron chi connectivity index (χ2n) is 10.6. The lowest BCUT2D eigenvalue weighted by atomic mass is 9.65. The molecule has 3 unspecified atom stereocenters. The lowest BCUT2D eigenvalue weighted by Gasteiger charge is -2.40. The number of fused-ring (bicyclic) bond motifs is 3. The van der Waals surface area contributed by atoms with Gasteiger partial charge in [-0.25, -0.2) is 4.79 Å². The van der Waals surface area contributed by atoms with Gasteiger partial charge in [0, 0.05) is 23.5 Å². The zero-order valence-electron chi connectivity index (χ0n) is 20.0. The summed E-state index contributed by atoms with van der Waals surface area (Å²) < 4.78 is 10.6. The number of H-pyrrole nitrogens is 1. The number of rotatable bonds is 6. The number of hydrogen-bond donors (Lipinski definition) is 2. The summed E-state index contributed by atoms with van der Waals surface area (Å²) >= 11 is 0. The van der Waals surface area contributed by atoms with Gasteiger partial charge in [0.25, 0.3) is 0 Å². The molecule has 7 nitrogen and oxygen atoms in total. The van der Waals surface area contributed by atoms with Crippen molar-refractivity contribution < 1.29 is 19.1 Å². The van der Waals surface area contributed by atoms with Crippen LogP contribution in [0.4, 0.5) is 5.69 Å². The first-order valence-electron chi connectivity index (χ1n) is 11.5. The van der Waals surface area contributed by atoms with Crippen LogP contribution in [0, 0.1) is 10.8 Å². The van der Waals surface area contributed by atoms with Crippen molar-refractivity contribution in [1.29, 1.82) is 0 Å². The summed E-state index contributed by atoms with van der Waals surface area (Å²) in [5, 5.41) is 3.77. The Morgan fingerprint density at radius 3 is 2.72 bits per heavy atom. The molecule has 0 radical (unpaired) electrons. The third-order valence-corrected chi connectivity index (χ3v) is 7.07. The second-order valence-corrected chi connectivity index (χ2v) is 10.6. The molecule has 2 aliphatic rings. The van der Waals surface area contributed by atoms with Crippen molar-refractivity contribution in [3.63, 3.8) is 0 Å². The molecule has 2 bridgehead atoms. The van der Waals surface area contributed by atoms with Gasteiger partial charge in [-0.3, -0.25) is 9.69 Å². The zero-order valence-corrected chi connectivity index (χ0v) is 20.0. The van der Waals surface area contributed by atoms with Crippen LogP contribution in [0.1, 0.15) is 64.4 Å². The molecule has 1 aliphatic carbocycles. The maximum atomic E-state index is 13.4. The van der Waals surface area contributed by atoms with Gasteiger partial charge in [-0.1, -0.05) is 20.8 Å². The molecule has 1 amide bonds. The van der Waals surface area contributed by atoms with E-state index in [0.29, 0.717) is 17.5 Å². The van der Waals surface area contributed by atoms with Crippen molar-refractivity contribution in [3.8, 4) is 5.75 Å². The first-order chi connectivity index (χ1) is 15.1. The van der Waals surface area contributed by atoms with Gasteiger partial charge in [0.2, 0.25) is 5.91 Å². The highest BCUT2D eigenvalue weighted by atomic mass is 16.5. The van der Waals surface area contributed by atoms with Gasteiger partial charge < -0.3 is 19.8 Å². The molecule has 7 heteroatoms.